The van der Waals surface area contributed by atoms with Crippen molar-refractivity contribution in [3.8, 4) is 0 Å². The van der Waals surface area contributed by atoms with E-state index in [0.29, 0.717) is 24.5 Å². The van der Waals surface area contributed by atoms with Gasteiger partial charge in [-0.15, -0.1) is 12.4 Å². The molecule has 1 aliphatic rings. The van der Waals surface area contributed by atoms with Crippen LogP contribution in [-0.2, 0) is 10.0 Å². The molecule has 1 saturated heterocycles. The van der Waals surface area contributed by atoms with Gasteiger partial charge >= 0.3 is 0 Å². The SMILES string of the molecule is Cc1ccc(C)c(S(=O)(=O)N2CCNC(C)C2)c1.Cl. The first kappa shape index (κ1) is 16.4. The molecule has 1 heterocycles. The second-order valence-corrected chi connectivity index (χ2v) is 6.89. The van der Waals surface area contributed by atoms with Crippen LogP contribution in [0.1, 0.15) is 18.1 Å². The van der Waals surface area contributed by atoms with E-state index < -0.39 is 10.0 Å². The highest BCUT2D eigenvalue weighted by Gasteiger charge is 2.29. The van der Waals surface area contributed by atoms with Crippen LogP contribution in [0.5, 0.6) is 0 Å². The van der Waals surface area contributed by atoms with Crippen LogP contribution < -0.4 is 5.32 Å². The molecule has 4 nitrogen and oxygen atoms in total. The molecular formula is C13H21ClN2O2S. The van der Waals surface area contributed by atoms with Gasteiger partial charge in [0.25, 0.3) is 0 Å². The van der Waals surface area contributed by atoms with Crippen molar-refractivity contribution in [1.82, 2.24) is 9.62 Å². The normalized spacial score (nSPS) is 20.9. The number of rotatable bonds is 2. The lowest BCUT2D eigenvalue weighted by Crippen LogP contribution is -2.51. The molecule has 1 N–H and O–H groups in total. The summed E-state index contributed by atoms with van der Waals surface area (Å²) in [6.07, 6.45) is 0. The van der Waals surface area contributed by atoms with E-state index in [1.54, 1.807) is 10.4 Å². The number of sulfonamides is 1. The van der Waals surface area contributed by atoms with Crippen molar-refractivity contribution in [2.75, 3.05) is 19.6 Å². The third-order valence-corrected chi connectivity index (χ3v) is 5.30. The van der Waals surface area contributed by atoms with E-state index in [0.717, 1.165) is 11.1 Å². The van der Waals surface area contributed by atoms with Crippen LogP contribution in [0.25, 0.3) is 0 Å². The van der Waals surface area contributed by atoms with Gasteiger partial charge in [0, 0.05) is 25.7 Å². The average molecular weight is 305 g/mol. The smallest absolute Gasteiger partial charge is 0.243 e. The standard InChI is InChI=1S/C13H20N2O2S.ClH/c1-10-4-5-11(2)13(8-10)18(16,17)15-7-6-14-12(3)9-15;/h4-5,8,12,14H,6-7,9H2,1-3H3;1H. The average Bonchev–Trinajstić information content (AvgIpc) is 2.32. The van der Waals surface area contributed by atoms with Crippen molar-refractivity contribution in [2.45, 2.75) is 31.7 Å². The number of nitrogens with zero attached hydrogens (tertiary/aromatic N) is 1. The van der Waals surface area contributed by atoms with Crippen molar-refractivity contribution in [1.29, 1.82) is 0 Å². The largest absolute Gasteiger partial charge is 0.312 e. The molecule has 0 amide bonds. The quantitative estimate of drug-likeness (QED) is 0.905. The summed E-state index contributed by atoms with van der Waals surface area (Å²) >= 11 is 0. The number of aryl methyl sites for hydroxylation is 2. The fraction of sp³-hybridized carbons (Fsp3) is 0.538. The predicted molar refractivity (Wildman–Crippen MR) is 79.4 cm³/mol. The zero-order valence-electron chi connectivity index (χ0n) is 11.5. The van der Waals surface area contributed by atoms with E-state index in [9.17, 15) is 8.42 Å². The zero-order chi connectivity index (χ0) is 13.3. The van der Waals surface area contributed by atoms with Crippen LogP contribution in [0.4, 0.5) is 0 Å². The van der Waals surface area contributed by atoms with E-state index in [2.05, 4.69) is 5.32 Å². The molecule has 1 unspecified atom stereocenters. The number of nitrogens with one attached hydrogen (secondary N) is 1. The number of piperazine rings is 1. The van der Waals surface area contributed by atoms with Crippen molar-refractivity contribution in [3.05, 3.63) is 29.3 Å². The highest BCUT2D eigenvalue weighted by molar-refractivity contribution is 7.89. The van der Waals surface area contributed by atoms with Gasteiger partial charge in [-0.3, -0.25) is 0 Å². The van der Waals surface area contributed by atoms with E-state index in [1.165, 1.54) is 0 Å². The maximum absolute atomic E-state index is 12.6. The number of hydrogen-bond donors (Lipinski definition) is 1. The minimum Gasteiger partial charge on any atom is -0.312 e. The van der Waals surface area contributed by atoms with Crippen LogP contribution in [0.3, 0.4) is 0 Å². The van der Waals surface area contributed by atoms with Crippen LogP contribution >= 0.6 is 12.4 Å². The minimum atomic E-state index is -3.35. The lowest BCUT2D eigenvalue weighted by Gasteiger charge is -2.31. The Morgan fingerprint density at radius 3 is 2.63 bits per heavy atom. The summed E-state index contributed by atoms with van der Waals surface area (Å²) in [7, 11) is -3.35. The van der Waals surface area contributed by atoms with E-state index in [4.69, 9.17) is 0 Å². The Balaban J connectivity index is 0.00000180. The lowest BCUT2D eigenvalue weighted by atomic mass is 10.2. The fourth-order valence-electron chi connectivity index (χ4n) is 2.24. The van der Waals surface area contributed by atoms with E-state index >= 15 is 0 Å². The summed E-state index contributed by atoms with van der Waals surface area (Å²) in [4.78, 5) is 0.441. The Morgan fingerprint density at radius 2 is 2.00 bits per heavy atom. The Morgan fingerprint density at radius 1 is 1.32 bits per heavy atom. The topological polar surface area (TPSA) is 49.4 Å². The molecule has 1 aliphatic heterocycles. The van der Waals surface area contributed by atoms with Gasteiger partial charge in [-0.1, -0.05) is 12.1 Å². The van der Waals surface area contributed by atoms with Crippen LogP contribution in [0.15, 0.2) is 23.1 Å². The monoisotopic (exact) mass is 304 g/mol. The number of halogens is 1. The molecule has 1 fully saturated rings. The predicted octanol–water partition coefficient (Wildman–Crippen LogP) is 1.71. The molecule has 2 rings (SSSR count). The van der Waals surface area contributed by atoms with Crippen molar-refractivity contribution >= 4 is 22.4 Å². The fourth-order valence-corrected chi connectivity index (χ4v) is 4.08. The molecular weight excluding hydrogens is 284 g/mol. The number of benzene rings is 1. The molecule has 0 spiro atoms. The van der Waals surface area contributed by atoms with Gasteiger partial charge in [0.05, 0.1) is 4.90 Å². The molecule has 19 heavy (non-hydrogen) atoms. The Bertz CT molecular complexity index is 546. The Hall–Kier alpha value is -0.620. The molecule has 1 aromatic rings. The molecule has 1 atom stereocenters. The summed E-state index contributed by atoms with van der Waals surface area (Å²) in [6.45, 7) is 7.56. The summed E-state index contributed by atoms with van der Waals surface area (Å²) in [5, 5.41) is 3.26. The first-order chi connectivity index (χ1) is 8.41. The summed E-state index contributed by atoms with van der Waals surface area (Å²) in [6, 6.07) is 5.78. The Kier molecular flexibility index (Phi) is 5.38. The highest BCUT2D eigenvalue weighted by Crippen LogP contribution is 2.22. The first-order valence-corrected chi connectivity index (χ1v) is 7.66. The van der Waals surface area contributed by atoms with Crippen molar-refractivity contribution in [3.63, 3.8) is 0 Å². The van der Waals surface area contributed by atoms with Gasteiger partial charge in [-0.2, -0.15) is 4.31 Å². The zero-order valence-corrected chi connectivity index (χ0v) is 13.1. The van der Waals surface area contributed by atoms with E-state index in [-0.39, 0.29) is 18.4 Å². The van der Waals surface area contributed by atoms with Crippen molar-refractivity contribution < 1.29 is 8.42 Å². The van der Waals surface area contributed by atoms with Gasteiger partial charge in [0.1, 0.15) is 0 Å². The van der Waals surface area contributed by atoms with Crippen LogP contribution in [-0.4, -0.2) is 38.4 Å². The van der Waals surface area contributed by atoms with Gasteiger partial charge in [-0.25, -0.2) is 8.42 Å². The Labute approximate surface area is 121 Å². The highest BCUT2D eigenvalue weighted by atomic mass is 35.5. The van der Waals surface area contributed by atoms with Gasteiger partial charge in [0.15, 0.2) is 0 Å². The van der Waals surface area contributed by atoms with Gasteiger partial charge in [-0.05, 0) is 38.0 Å². The molecule has 1 aromatic carbocycles. The van der Waals surface area contributed by atoms with Gasteiger partial charge < -0.3 is 5.32 Å². The van der Waals surface area contributed by atoms with Crippen LogP contribution in [0, 0.1) is 13.8 Å². The summed E-state index contributed by atoms with van der Waals surface area (Å²) in [5.74, 6) is 0. The summed E-state index contributed by atoms with van der Waals surface area (Å²) < 4.78 is 26.8. The summed E-state index contributed by atoms with van der Waals surface area (Å²) in [5.41, 5.74) is 1.79. The third kappa shape index (κ3) is 3.48. The number of hydrogen-bond acceptors (Lipinski definition) is 3. The lowest BCUT2D eigenvalue weighted by molar-refractivity contribution is 0.310. The second kappa shape index (κ2) is 6.22. The minimum absolute atomic E-state index is 0. The first-order valence-electron chi connectivity index (χ1n) is 6.22. The molecule has 0 bridgehead atoms. The maximum atomic E-state index is 12.6. The van der Waals surface area contributed by atoms with Gasteiger partial charge in [0.2, 0.25) is 10.0 Å². The second-order valence-electron chi connectivity index (χ2n) is 4.99. The van der Waals surface area contributed by atoms with Crippen LogP contribution in [0.2, 0.25) is 0 Å². The molecule has 0 aliphatic carbocycles. The molecule has 0 saturated carbocycles. The molecule has 0 radical (unpaired) electrons. The molecule has 6 heteroatoms. The maximum Gasteiger partial charge on any atom is 0.243 e. The molecule has 0 aromatic heterocycles. The van der Waals surface area contributed by atoms with Crippen molar-refractivity contribution in [2.24, 2.45) is 0 Å². The third-order valence-electron chi connectivity index (χ3n) is 3.29. The molecule has 108 valence electrons. The van der Waals surface area contributed by atoms with E-state index in [1.807, 2.05) is 32.9 Å².